The van der Waals surface area contributed by atoms with Crippen LogP contribution in [0.3, 0.4) is 0 Å². The number of nitrogens with one attached hydrogen (secondary N) is 1. The third-order valence-corrected chi connectivity index (χ3v) is 3.05. The highest BCUT2D eigenvalue weighted by molar-refractivity contribution is 7.09. The molecule has 19 heavy (non-hydrogen) atoms. The average Bonchev–Trinajstić information content (AvgIpc) is 2.76. The Kier molecular flexibility index (Phi) is 7.36. The summed E-state index contributed by atoms with van der Waals surface area (Å²) in [6.07, 6.45) is 4.08. The highest BCUT2D eigenvalue weighted by Crippen LogP contribution is 2.08. The Morgan fingerprint density at radius 2 is 2.37 bits per heavy atom. The summed E-state index contributed by atoms with van der Waals surface area (Å²) in [6.45, 7) is 8.28. The molecule has 0 saturated heterocycles. The molecule has 0 unspecified atom stereocenters. The second-order valence-electron chi connectivity index (χ2n) is 4.74. The van der Waals surface area contributed by atoms with Crippen LogP contribution in [0.25, 0.3) is 6.08 Å². The van der Waals surface area contributed by atoms with Gasteiger partial charge >= 0.3 is 0 Å². The van der Waals surface area contributed by atoms with Gasteiger partial charge in [-0.3, -0.25) is 4.79 Å². The van der Waals surface area contributed by atoms with E-state index in [1.807, 2.05) is 12.3 Å². The van der Waals surface area contributed by atoms with Crippen LogP contribution < -0.4 is 5.32 Å². The summed E-state index contributed by atoms with van der Waals surface area (Å²) in [6, 6.07) is 0. The minimum atomic E-state index is -0.0884. The molecule has 0 spiro atoms. The van der Waals surface area contributed by atoms with Crippen molar-refractivity contribution in [1.29, 1.82) is 0 Å². The molecule has 0 atom stereocenters. The maximum Gasteiger partial charge on any atom is 0.244 e. The zero-order chi connectivity index (χ0) is 14.1. The number of rotatable bonds is 8. The van der Waals surface area contributed by atoms with Crippen LogP contribution in [-0.2, 0) is 9.53 Å². The summed E-state index contributed by atoms with van der Waals surface area (Å²) in [5.74, 6) is 0.466. The van der Waals surface area contributed by atoms with Gasteiger partial charge in [-0.1, -0.05) is 13.8 Å². The van der Waals surface area contributed by atoms with E-state index in [1.165, 1.54) is 6.08 Å². The molecular weight excluding hydrogens is 260 g/mol. The maximum absolute atomic E-state index is 11.5. The topological polar surface area (TPSA) is 51.2 Å². The van der Waals surface area contributed by atoms with Crippen molar-refractivity contribution in [3.8, 4) is 0 Å². The van der Waals surface area contributed by atoms with Gasteiger partial charge in [0.2, 0.25) is 5.91 Å². The van der Waals surface area contributed by atoms with Crippen molar-refractivity contribution in [3.63, 3.8) is 0 Å². The summed E-state index contributed by atoms with van der Waals surface area (Å²) in [7, 11) is 0. The summed E-state index contributed by atoms with van der Waals surface area (Å²) < 4.78 is 5.43. The van der Waals surface area contributed by atoms with Crippen LogP contribution in [0.1, 0.15) is 31.0 Å². The molecule has 4 nitrogen and oxygen atoms in total. The molecule has 1 rings (SSSR count). The zero-order valence-corrected chi connectivity index (χ0v) is 12.6. The van der Waals surface area contributed by atoms with Crippen LogP contribution in [0.2, 0.25) is 0 Å². The fraction of sp³-hybridized carbons (Fsp3) is 0.571. The Morgan fingerprint density at radius 1 is 1.58 bits per heavy atom. The maximum atomic E-state index is 11.5. The number of ether oxygens (including phenoxy) is 1. The number of carbonyl (C=O) groups excluding carboxylic acids is 1. The van der Waals surface area contributed by atoms with E-state index >= 15 is 0 Å². The van der Waals surface area contributed by atoms with Crippen LogP contribution in [0, 0.1) is 12.8 Å². The van der Waals surface area contributed by atoms with E-state index in [1.54, 1.807) is 17.4 Å². The van der Waals surface area contributed by atoms with Crippen molar-refractivity contribution in [1.82, 2.24) is 10.3 Å². The van der Waals surface area contributed by atoms with E-state index in [9.17, 15) is 4.79 Å². The molecule has 106 valence electrons. The molecular formula is C14H22N2O2S. The number of thiazole rings is 1. The fourth-order valence-corrected chi connectivity index (χ4v) is 1.96. The summed E-state index contributed by atoms with van der Waals surface area (Å²) in [4.78, 5) is 15.8. The van der Waals surface area contributed by atoms with Gasteiger partial charge in [0, 0.05) is 31.2 Å². The molecule has 0 aliphatic carbocycles. The lowest BCUT2D eigenvalue weighted by atomic mass is 10.2. The number of nitrogens with zero attached hydrogens (tertiary/aromatic N) is 1. The average molecular weight is 282 g/mol. The number of aryl methyl sites for hydroxylation is 1. The number of carbonyl (C=O) groups is 1. The van der Waals surface area contributed by atoms with Gasteiger partial charge in [-0.05, 0) is 25.3 Å². The van der Waals surface area contributed by atoms with Gasteiger partial charge in [0.05, 0.1) is 10.7 Å². The molecule has 1 amide bonds. The van der Waals surface area contributed by atoms with Crippen LogP contribution in [-0.4, -0.2) is 30.6 Å². The smallest absolute Gasteiger partial charge is 0.244 e. The Morgan fingerprint density at radius 3 is 3.00 bits per heavy atom. The Hall–Kier alpha value is -1.20. The molecule has 0 aliphatic heterocycles. The minimum absolute atomic E-state index is 0.0884. The molecule has 0 bridgehead atoms. The van der Waals surface area contributed by atoms with Crippen LogP contribution in [0.5, 0.6) is 0 Å². The van der Waals surface area contributed by atoms with Crippen LogP contribution >= 0.6 is 11.3 Å². The first-order valence-electron chi connectivity index (χ1n) is 6.53. The largest absolute Gasteiger partial charge is 0.381 e. The first-order chi connectivity index (χ1) is 9.08. The Balaban J connectivity index is 2.09. The molecule has 0 radical (unpaired) electrons. The number of amides is 1. The van der Waals surface area contributed by atoms with Gasteiger partial charge in [-0.25, -0.2) is 4.98 Å². The summed E-state index contributed by atoms with van der Waals surface area (Å²) in [5, 5.41) is 5.75. The van der Waals surface area contributed by atoms with Crippen molar-refractivity contribution in [3.05, 3.63) is 22.2 Å². The molecule has 0 saturated carbocycles. The molecule has 1 N–H and O–H groups in total. The van der Waals surface area contributed by atoms with E-state index in [0.29, 0.717) is 19.1 Å². The van der Waals surface area contributed by atoms with Gasteiger partial charge in [0.25, 0.3) is 0 Å². The predicted octanol–water partition coefficient (Wildman–Crippen LogP) is 2.64. The van der Waals surface area contributed by atoms with Gasteiger partial charge in [-0.2, -0.15) is 0 Å². The standard InChI is InChI=1S/C14H22N2O2S/c1-11(2)9-18-8-4-7-15-14(17)6-5-13-10-19-12(3)16-13/h5-6,10-11H,4,7-9H2,1-3H3,(H,15,17)/b6-5+. The normalized spacial score (nSPS) is 11.4. The third kappa shape index (κ3) is 7.74. The van der Waals surface area contributed by atoms with E-state index in [-0.39, 0.29) is 5.91 Å². The minimum Gasteiger partial charge on any atom is -0.381 e. The quantitative estimate of drug-likeness (QED) is 0.589. The van der Waals surface area contributed by atoms with Gasteiger partial charge < -0.3 is 10.1 Å². The lowest BCUT2D eigenvalue weighted by molar-refractivity contribution is -0.116. The Labute approximate surface area is 118 Å². The summed E-state index contributed by atoms with van der Waals surface area (Å²) >= 11 is 1.57. The van der Waals surface area contributed by atoms with E-state index < -0.39 is 0 Å². The lowest BCUT2D eigenvalue weighted by Gasteiger charge is -2.06. The molecule has 1 heterocycles. The number of aromatic nitrogens is 1. The molecule has 1 aromatic heterocycles. The fourth-order valence-electron chi connectivity index (χ4n) is 1.38. The first-order valence-corrected chi connectivity index (χ1v) is 7.41. The second kappa shape index (κ2) is 8.82. The van der Waals surface area contributed by atoms with Crippen molar-refractivity contribution in [2.45, 2.75) is 27.2 Å². The summed E-state index contributed by atoms with van der Waals surface area (Å²) in [5.41, 5.74) is 0.831. The van der Waals surface area contributed by atoms with Gasteiger partial charge in [0.1, 0.15) is 0 Å². The molecule has 1 aromatic rings. The van der Waals surface area contributed by atoms with Crippen molar-refractivity contribution >= 4 is 23.3 Å². The molecule has 0 aromatic carbocycles. The van der Waals surface area contributed by atoms with Crippen LogP contribution in [0.4, 0.5) is 0 Å². The van der Waals surface area contributed by atoms with Crippen molar-refractivity contribution in [2.75, 3.05) is 19.8 Å². The molecule has 5 heteroatoms. The predicted molar refractivity (Wildman–Crippen MR) is 79.2 cm³/mol. The molecule has 0 aliphatic rings. The van der Waals surface area contributed by atoms with Crippen molar-refractivity contribution < 1.29 is 9.53 Å². The van der Waals surface area contributed by atoms with Gasteiger partial charge in [0.15, 0.2) is 0 Å². The highest BCUT2D eigenvalue weighted by Gasteiger charge is 1.98. The third-order valence-electron chi connectivity index (χ3n) is 2.26. The number of hydrogen-bond donors (Lipinski definition) is 1. The molecule has 0 fully saturated rings. The number of hydrogen-bond acceptors (Lipinski definition) is 4. The van der Waals surface area contributed by atoms with E-state index in [2.05, 4.69) is 24.1 Å². The zero-order valence-electron chi connectivity index (χ0n) is 11.8. The van der Waals surface area contributed by atoms with E-state index in [4.69, 9.17) is 4.74 Å². The SMILES string of the molecule is Cc1nc(/C=C/C(=O)NCCCOCC(C)C)cs1. The first kappa shape index (κ1) is 15.9. The lowest BCUT2D eigenvalue weighted by Crippen LogP contribution is -2.23. The monoisotopic (exact) mass is 282 g/mol. The second-order valence-corrected chi connectivity index (χ2v) is 5.80. The highest BCUT2D eigenvalue weighted by atomic mass is 32.1. The van der Waals surface area contributed by atoms with E-state index in [0.717, 1.165) is 23.7 Å². The van der Waals surface area contributed by atoms with Crippen LogP contribution in [0.15, 0.2) is 11.5 Å². The van der Waals surface area contributed by atoms with Crippen molar-refractivity contribution in [2.24, 2.45) is 5.92 Å². The van der Waals surface area contributed by atoms with Gasteiger partial charge in [-0.15, -0.1) is 11.3 Å². The Bertz CT molecular complexity index is 413.